The van der Waals surface area contributed by atoms with Gasteiger partial charge in [0, 0.05) is 6.42 Å². The van der Waals surface area contributed by atoms with Gasteiger partial charge in [0.25, 0.3) is 7.82 Å². The molecule has 0 aromatic carbocycles. The summed E-state index contributed by atoms with van der Waals surface area (Å²) in [5, 5.41) is 14.0. The van der Waals surface area contributed by atoms with Crippen molar-refractivity contribution in [1.82, 2.24) is 5.32 Å². The Morgan fingerprint density at radius 3 is 1.39 bits per heavy atom. The van der Waals surface area contributed by atoms with E-state index < -0.39 is 20.0 Å². The number of carbonyl (C=O) groups is 1. The van der Waals surface area contributed by atoms with Crippen molar-refractivity contribution in [2.24, 2.45) is 0 Å². The van der Waals surface area contributed by atoms with Crippen molar-refractivity contribution >= 4 is 13.7 Å². The smallest absolute Gasteiger partial charge is 0.268 e. The summed E-state index contributed by atoms with van der Waals surface area (Å²) in [6.07, 6.45) is 60.9. The third-order valence-corrected chi connectivity index (χ3v) is 12.7. The Hall–Kier alpha value is -1.80. The number of nitrogens with zero attached hydrogens (tertiary/aromatic N) is 1. The molecule has 9 heteroatoms. The number of phosphoric acid groups is 1. The van der Waals surface area contributed by atoms with Gasteiger partial charge in [0.05, 0.1) is 39.9 Å². The van der Waals surface area contributed by atoms with Crippen LogP contribution in [0.1, 0.15) is 232 Å². The van der Waals surface area contributed by atoms with Crippen LogP contribution in [0, 0.1) is 0 Å². The van der Waals surface area contributed by atoms with E-state index in [4.69, 9.17) is 9.05 Å². The fourth-order valence-corrected chi connectivity index (χ4v) is 8.32. The number of likely N-dealkylation sites (N-methyl/N-ethyl adjacent to an activating group) is 1. The molecule has 8 nitrogen and oxygen atoms in total. The molecule has 0 aromatic rings. The Balaban J connectivity index is 4.29. The van der Waals surface area contributed by atoms with Gasteiger partial charge in [-0.2, -0.15) is 0 Å². The molecule has 0 bridgehead atoms. The molecule has 3 unspecified atom stereocenters. The molecule has 0 aliphatic carbocycles. The summed E-state index contributed by atoms with van der Waals surface area (Å²) in [4.78, 5) is 25.5. The van der Waals surface area contributed by atoms with Gasteiger partial charge in [0.15, 0.2) is 0 Å². The Morgan fingerprint density at radius 2 is 0.953 bits per heavy atom. The van der Waals surface area contributed by atoms with Crippen LogP contribution in [0.5, 0.6) is 0 Å². The molecule has 0 aromatic heterocycles. The van der Waals surface area contributed by atoms with Crippen LogP contribution in [0.15, 0.2) is 60.8 Å². The summed E-state index contributed by atoms with van der Waals surface area (Å²) < 4.78 is 23.4. The SMILES string of the molecule is CC/C=C\C/C=C\C/C=C\C/C=C\C/C=C\CCCCCCCC(=O)NC(COP(=O)([O-])OCC[N+](C)(C)C)C(O)CCCCCCCCCCCCCCCCCCCCCCC. The van der Waals surface area contributed by atoms with E-state index in [9.17, 15) is 19.4 Å². The Kier molecular flexibility index (Phi) is 45.0. The highest BCUT2D eigenvalue weighted by Crippen LogP contribution is 2.38. The number of phosphoric ester groups is 1. The number of unbranched alkanes of at least 4 members (excludes halogenated alkanes) is 25. The molecule has 0 saturated heterocycles. The van der Waals surface area contributed by atoms with E-state index in [0.29, 0.717) is 23.9 Å². The van der Waals surface area contributed by atoms with Crippen molar-refractivity contribution in [2.45, 2.75) is 244 Å². The Bertz CT molecular complexity index is 1230. The lowest BCUT2D eigenvalue weighted by molar-refractivity contribution is -0.870. The quantitative estimate of drug-likeness (QED) is 0.0272. The number of nitrogens with one attached hydrogen (secondary N) is 1. The zero-order valence-electron chi connectivity index (χ0n) is 42.5. The summed E-state index contributed by atoms with van der Waals surface area (Å²) in [7, 11) is 1.29. The predicted octanol–water partition coefficient (Wildman–Crippen LogP) is 15.1. The monoisotopic (exact) mass is 919 g/mol. The van der Waals surface area contributed by atoms with Gasteiger partial charge in [-0.15, -0.1) is 0 Å². The number of quaternary nitrogens is 1. The maximum atomic E-state index is 12.9. The first-order valence-corrected chi connectivity index (χ1v) is 28.1. The third-order valence-electron chi connectivity index (χ3n) is 11.8. The molecule has 0 aliphatic heterocycles. The van der Waals surface area contributed by atoms with Gasteiger partial charge in [-0.05, 0) is 57.8 Å². The molecule has 2 N–H and O–H groups in total. The van der Waals surface area contributed by atoms with Gasteiger partial charge in [-0.3, -0.25) is 9.36 Å². The molecule has 0 aliphatic rings. The Morgan fingerprint density at radius 1 is 0.562 bits per heavy atom. The number of rotatable bonds is 48. The van der Waals surface area contributed by atoms with Crippen molar-refractivity contribution in [3.8, 4) is 0 Å². The molecule has 3 atom stereocenters. The third kappa shape index (κ3) is 48.1. The number of aliphatic hydroxyl groups is 1. The van der Waals surface area contributed by atoms with Gasteiger partial charge < -0.3 is 28.8 Å². The van der Waals surface area contributed by atoms with E-state index in [0.717, 1.165) is 89.9 Å². The lowest BCUT2D eigenvalue weighted by atomic mass is 10.0. The number of hydrogen-bond donors (Lipinski definition) is 2. The maximum absolute atomic E-state index is 12.9. The van der Waals surface area contributed by atoms with E-state index in [-0.39, 0.29) is 19.1 Å². The predicted molar refractivity (Wildman–Crippen MR) is 274 cm³/mol. The van der Waals surface area contributed by atoms with Crippen LogP contribution >= 0.6 is 7.82 Å². The van der Waals surface area contributed by atoms with E-state index in [2.05, 4.69) is 79.9 Å². The number of amides is 1. The van der Waals surface area contributed by atoms with Crippen LogP contribution in [0.3, 0.4) is 0 Å². The molecule has 0 spiro atoms. The summed E-state index contributed by atoms with van der Waals surface area (Å²) in [5.74, 6) is -0.183. The van der Waals surface area contributed by atoms with Crippen LogP contribution < -0.4 is 10.2 Å². The molecule has 0 radical (unpaired) electrons. The first-order chi connectivity index (χ1) is 31.0. The van der Waals surface area contributed by atoms with Crippen molar-refractivity contribution in [1.29, 1.82) is 0 Å². The van der Waals surface area contributed by atoms with Crippen LogP contribution in [0.2, 0.25) is 0 Å². The minimum absolute atomic E-state index is 0.00557. The molecular formula is C55H103N2O6P. The minimum atomic E-state index is -4.58. The van der Waals surface area contributed by atoms with Gasteiger partial charge in [0.1, 0.15) is 13.2 Å². The van der Waals surface area contributed by atoms with Crippen LogP contribution in [-0.4, -0.2) is 68.5 Å². The van der Waals surface area contributed by atoms with Gasteiger partial charge in [-0.25, -0.2) is 0 Å². The second-order valence-corrected chi connectivity index (χ2v) is 20.6. The highest BCUT2D eigenvalue weighted by atomic mass is 31.2. The number of hydrogen-bond acceptors (Lipinski definition) is 6. The first-order valence-electron chi connectivity index (χ1n) is 26.6. The molecule has 64 heavy (non-hydrogen) atoms. The summed E-state index contributed by atoms with van der Waals surface area (Å²) >= 11 is 0. The molecule has 0 heterocycles. The van der Waals surface area contributed by atoms with E-state index >= 15 is 0 Å². The average Bonchev–Trinajstić information content (AvgIpc) is 3.25. The van der Waals surface area contributed by atoms with E-state index in [1.54, 1.807) is 0 Å². The van der Waals surface area contributed by atoms with Crippen molar-refractivity contribution in [3.05, 3.63) is 60.8 Å². The Labute approximate surface area is 396 Å². The van der Waals surface area contributed by atoms with Crippen molar-refractivity contribution in [2.75, 3.05) is 40.9 Å². The summed E-state index contributed by atoms with van der Waals surface area (Å²) in [6, 6.07) is -0.814. The molecular weight excluding hydrogens is 816 g/mol. The van der Waals surface area contributed by atoms with Gasteiger partial charge in [0.2, 0.25) is 5.91 Å². The van der Waals surface area contributed by atoms with Crippen LogP contribution in [0.4, 0.5) is 0 Å². The largest absolute Gasteiger partial charge is 0.756 e. The zero-order valence-corrected chi connectivity index (χ0v) is 43.4. The van der Waals surface area contributed by atoms with E-state index in [1.165, 1.54) is 116 Å². The van der Waals surface area contributed by atoms with Crippen molar-refractivity contribution in [3.63, 3.8) is 0 Å². The fraction of sp³-hybridized carbons (Fsp3) is 0.800. The number of allylic oxidation sites excluding steroid dienone is 10. The average molecular weight is 919 g/mol. The zero-order chi connectivity index (χ0) is 47.1. The fourth-order valence-electron chi connectivity index (χ4n) is 7.60. The lowest BCUT2D eigenvalue weighted by Crippen LogP contribution is -2.46. The summed E-state index contributed by atoms with van der Waals surface area (Å²) in [6.45, 7) is 4.60. The molecule has 0 fully saturated rings. The highest BCUT2D eigenvalue weighted by molar-refractivity contribution is 7.45. The molecule has 0 saturated carbocycles. The van der Waals surface area contributed by atoms with Crippen LogP contribution in [-0.2, 0) is 18.4 Å². The molecule has 374 valence electrons. The minimum Gasteiger partial charge on any atom is -0.756 e. The normalized spacial score (nSPS) is 14.5. The number of carbonyl (C=O) groups excluding carboxylic acids is 1. The van der Waals surface area contributed by atoms with Crippen molar-refractivity contribution < 1.29 is 32.9 Å². The van der Waals surface area contributed by atoms with Crippen LogP contribution in [0.25, 0.3) is 0 Å². The summed E-state index contributed by atoms with van der Waals surface area (Å²) in [5.41, 5.74) is 0. The first kappa shape index (κ1) is 62.2. The van der Waals surface area contributed by atoms with E-state index in [1.807, 2.05) is 21.1 Å². The lowest BCUT2D eigenvalue weighted by Gasteiger charge is -2.30. The highest BCUT2D eigenvalue weighted by Gasteiger charge is 2.24. The topological polar surface area (TPSA) is 108 Å². The second-order valence-electron chi connectivity index (χ2n) is 19.2. The standard InChI is InChI=1S/C55H103N2O6P/c1-6-8-10-12-14-16-18-20-22-24-26-28-30-32-34-36-38-40-42-44-46-48-54(58)53(52-63-64(60,61)62-51-50-57(3,4)5)56-55(59)49-47-45-43-41-39-37-35-33-31-29-27-25-23-21-19-17-15-13-11-9-7-2/h9,11,15,17,21,23,27,29,33,35,53-54,58H,6-8,10,12-14,16,18-20,22,24-26,28,30-32,34,36-52H2,1-5H3,(H-,56,59,60,61)/b11-9-,17-15-,23-21-,29-27-,35-33-. The second kappa shape index (κ2) is 46.3. The van der Waals surface area contributed by atoms with Gasteiger partial charge >= 0.3 is 0 Å². The maximum Gasteiger partial charge on any atom is 0.268 e. The van der Waals surface area contributed by atoms with Gasteiger partial charge in [-0.1, -0.05) is 229 Å². The molecule has 0 rings (SSSR count). The number of aliphatic hydroxyl groups excluding tert-OH is 1. The molecule has 1 amide bonds.